The second kappa shape index (κ2) is 5.70. The van der Waals surface area contributed by atoms with E-state index in [0.29, 0.717) is 6.42 Å². The van der Waals surface area contributed by atoms with Gasteiger partial charge in [-0.2, -0.15) is 0 Å². The molecule has 1 unspecified atom stereocenters. The molecule has 0 aliphatic carbocycles. The van der Waals surface area contributed by atoms with Gasteiger partial charge in [0, 0.05) is 17.0 Å². The third kappa shape index (κ3) is 2.54. The number of aryl methyl sites for hydroxylation is 2. The van der Waals surface area contributed by atoms with Crippen LogP contribution in [-0.4, -0.2) is 5.91 Å². The van der Waals surface area contributed by atoms with Crippen molar-refractivity contribution in [2.24, 2.45) is 0 Å². The van der Waals surface area contributed by atoms with E-state index in [9.17, 15) is 4.79 Å². The van der Waals surface area contributed by atoms with Crippen LogP contribution in [0.1, 0.15) is 39.7 Å². The van der Waals surface area contributed by atoms with Gasteiger partial charge in [0.1, 0.15) is 0 Å². The van der Waals surface area contributed by atoms with Gasteiger partial charge in [0.2, 0.25) is 5.91 Å². The summed E-state index contributed by atoms with van der Waals surface area (Å²) in [4.78, 5) is 13.0. The van der Waals surface area contributed by atoms with E-state index in [4.69, 9.17) is 0 Å². The number of carbonyl (C=O) groups is 1. The lowest BCUT2D eigenvalue weighted by molar-refractivity contribution is -0.116. The maximum Gasteiger partial charge on any atom is 0.224 e. The molecule has 2 aromatic rings. The molecule has 104 valence electrons. The maximum atomic E-state index is 11.4. The van der Waals surface area contributed by atoms with Gasteiger partial charge in [-0.25, -0.2) is 0 Å². The summed E-state index contributed by atoms with van der Waals surface area (Å²) in [6, 6.07) is 8.54. The first-order valence-corrected chi connectivity index (χ1v) is 8.61. The molecule has 1 aliphatic rings. The Labute approximate surface area is 131 Å². The molecule has 1 atom stereocenters. The number of fused-ring (bicyclic) bond motifs is 1. The first-order chi connectivity index (χ1) is 9.69. The van der Waals surface area contributed by atoms with Gasteiger partial charge in [0.25, 0.3) is 0 Å². The van der Waals surface area contributed by atoms with E-state index in [2.05, 4.69) is 51.7 Å². The number of hydrogen-bond donors (Lipinski definition) is 1. The SMILES string of the molecule is CCc1ccsc1C(Br)c1ccc2c(c1)CCC(=O)N2. The Morgan fingerprint density at radius 3 is 3.00 bits per heavy atom. The van der Waals surface area contributed by atoms with E-state index >= 15 is 0 Å². The highest BCUT2D eigenvalue weighted by atomic mass is 79.9. The van der Waals surface area contributed by atoms with Crippen LogP contribution in [0.5, 0.6) is 0 Å². The van der Waals surface area contributed by atoms with Crippen LogP contribution in [0.25, 0.3) is 0 Å². The summed E-state index contributed by atoms with van der Waals surface area (Å²) in [5, 5.41) is 5.09. The van der Waals surface area contributed by atoms with E-state index < -0.39 is 0 Å². The predicted molar refractivity (Wildman–Crippen MR) is 87.9 cm³/mol. The van der Waals surface area contributed by atoms with E-state index in [-0.39, 0.29) is 10.7 Å². The Morgan fingerprint density at radius 1 is 1.35 bits per heavy atom. The second-order valence-corrected chi connectivity index (χ2v) is 6.85. The number of thiophene rings is 1. The number of hydrogen-bond acceptors (Lipinski definition) is 2. The third-order valence-corrected chi connectivity index (χ3v) is 6.02. The molecule has 1 aromatic heterocycles. The second-order valence-electron chi connectivity index (χ2n) is 4.99. The van der Waals surface area contributed by atoms with Gasteiger partial charge in [0.05, 0.1) is 4.83 Å². The van der Waals surface area contributed by atoms with E-state index in [1.165, 1.54) is 21.6 Å². The molecule has 2 nitrogen and oxygen atoms in total. The summed E-state index contributed by atoms with van der Waals surface area (Å²) in [5.41, 5.74) is 4.87. The van der Waals surface area contributed by atoms with E-state index in [0.717, 1.165) is 18.5 Å². The molecule has 1 N–H and O–H groups in total. The van der Waals surface area contributed by atoms with Crippen LogP contribution in [0, 0.1) is 0 Å². The molecule has 1 amide bonds. The third-order valence-electron chi connectivity index (χ3n) is 3.71. The Morgan fingerprint density at radius 2 is 2.20 bits per heavy atom. The van der Waals surface area contributed by atoms with Crippen LogP contribution >= 0.6 is 27.3 Å². The van der Waals surface area contributed by atoms with Crippen molar-refractivity contribution in [1.29, 1.82) is 0 Å². The van der Waals surface area contributed by atoms with Gasteiger partial charge in [-0.3, -0.25) is 4.79 Å². The molecule has 4 heteroatoms. The number of alkyl halides is 1. The fraction of sp³-hybridized carbons (Fsp3) is 0.312. The molecule has 1 aromatic carbocycles. The predicted octanol–water partition coefficient (Wildman–Crippen LogP) is 4.68. The quantitative estimate of drug-likeness (QED) is 0.800. The van der Waals surface area contributed by atoms with E-state index in [1.807, 2.05) is 6.07 Å². The number of benzene rings is 1. The molecule has 0 fully saturated rings. The summed E-state index contributed by atoms with van der Waals surface area (Å²) in [5.74, 6) is 0.118. The molecular weight excluding hydrogens is 334 g/mol. The minimum Gasteiger partial charge on any atom is -0.326 e. The van der Waals surface area contributed by atoms with Crippen LogP contribution in [0.4, 0.5) is 5.69 Å². The largest absolute Gasteiger partial charge is 0.326 e. The fourth-order valence-corrected chi connectivity index (χ4v) is 4.48. The summed E-state index contributed by atoms with van der Waals surface area (Å²) in [7, 11) is 0. The lowest BCUT2D eigenvalue weighted by Crippen LogP contribution is -2.19. The first-order valence-electron chi connectivity index (χ1n) is 6.82. The van der Waals surface area contributed by atoms with Gasteiger partial charge >= 0.3 is 0 Å². The molecule has 0 radical (unpaired) electrons. The molecule has 3 rings (SSSR count). The summed E-state index contributed by atoms with van der Waals surface area (Å²) in [6.07, 6.45) is 2.48. The molecule has 0 saturated carbocycles. The molecular formula is C16H16BrNOS. The number of nitrogens with one attached hydrogen (secondary N) is 1. The zero-order valence-corrected chi connectivity index (χ0v) is 13.7. The lowest BCUT2D eigenvalue weighted by Gasteiger charge is -2.19. The smallest absolute Gasteiger partial charge is 0.224 e. The standard InChI is InChI=1S/C16H16BrNOS/c1-2-10-7-8-20-16(10)15(17)12-3-5-13-11(9-12)4-6-14(19)18-13/h3,5,7-9,15H,2,4,6H2,1H3,(H,18,19). The van der Waals surface area contributed by atoms with Crippen molar-refractivity contribution >= 4 is 38.9 Å². The van der Waals surface area contributed by atoms with Gasteiger partial charge in [-0.05, 0) is 47.0 Å². The molecule has 0 saturated heterocycles. The number of carbonyl (C=O) groups excluding carboxylic acids is 1. The van der Waals surface area contributed by atoms with Gasteiger partial charge in [0.15, 0.2) is 0 Å². The summed E-state index contributed by atoms with van der Waals surface area (Å²) < 4.78 is 0. The molecule has 0 bridgehead atoms. The van der Waals surface area contributed by atoms with Crippen LogP contribution < -0.4 is 5.32 Å². The maximum absolute atomic E-state index is 11.4. The van der Waals surface area contributed by atoms with Gasteiger partial charge < -0.3 is 5.32 Å². The number of amides is 1. The topological polar surface area (TPSA) is 29.1 Å². The van der Waals surface area contributed by atoms with Crippen LogP contribution in [-0.2, 0) is 17.6 Å². The number of halogens is 1. The van der Waals surface area contributed by atoms with Gasteiger partial charge in [-0.15, -0.1) is 11.3 Å². The van der Waals surface area contributed by atoms with Crippen molar-refractivity contribution in [3.05, 3.63) is 51.2 Å². The van der Waals surface area contributed by atoms with Crippen molar-refractivity contribution in [2.75, 3.05) is 5.32 Å². The molecule has 0 spiro atoms. The highest BCUT2D eigenvalue weighted by Crippen LogP contribution is 2.38. The minimum absolute atomic E-state index is 0.118. The van der Waals surface area contributed by atoms with Crippen molar-refractivity contribution in [3.8, 4) is 0 Å². The van der Waals surface area contributed by atoms with Crippen LogP contribution in [0.2, 0.25) is 0 Å². The lowest BCUT2D eigenvalue weighted by atomic mass is 9.98. The summed E-state index contributed by atoms with van der Waals surface area (Å²) in [6.45, 7) is 2.19. The van der Waals surface area contributed by atoms with E-state index in [1.54, 1.807) is 11.3 Å². The normalized spacial score (nSPS) is 15.6. The number of anilines is 1. The number of rotatable bonds is 3. The average molecular weight is 350 g/mol. The zero-order chi connectivity index (χ0) is 14.1. The Kier molecular flexibility index (Phi) is 3.94. The molecule has 2 heterocycles. The monoisotopic (exact) mass is 349 g/mol. The Bertz CT molecular complexity index is 650. The average Bonchev–Trinajstić information content (AvgIpc) is 2.94. The minimum atomic E-state index is 0.118. The van der Waals surface area contributed by atoms with Crippen molar-refractivity contribution in [2.45, 2.75) is 31.0 Å². The Balaban J connectivity index is 1.93. The van der Waals surface area contributed by atoms with Crippen LogP contribution in [0.15, 0.2) is 29.6 Å². The molecule has 20 heavy (non-hydrogen) atoms. The zero-order valence-electron chi connectivity index (χ0n) is 11.3. The van der Waals surface area contributed by atoms with Crippen LogP contribution in [0.3, 0.4) is 0 Å². The Hall–Kier alpha value is -1.13. The highest BCUT2D eigenvalue weighted by Gasteiger charge is 2.19. The first kappa shape index (κ1) is 13.8. The summed E-state index contributed by atoms with van der Waals surface area (Å²) >= 11 is 5.63. The molecule has 1 aliphatic heterocycles. The van der Waals surface area contributed by atoms with Crippen molar-refractivity contribution < 1.29 is 4.79 Å². The van der Waals surface area contributed by atoms with Crippen molar-refractivity contribution in [1.82, 2.24) is 0 Å². The fourth-order valence-electron chi connectivity index (χ4n) is 2.57. The van der Waals surface area contributed by atoms with Gasteiger partial charge in [-0.1, -0.05) is 35.0 Å². The highest BCUT2D eigenvalue weighted by molar-refractivity contribution is 9.09. The van der Waals surface area contributed by atoms with Crippen molar-refractivity contribution in [3.63, 3.8) is 0 Å².